The molecule has 4 aromatic rings. The van der Waals surface area contributed by atoms with Crippen LogP contribution in [0.25, 0.3) is 17.0 Å². The van der Waals surface area contributed by atoms with Crippen LogP contribution < -0.4 is 10.6 Å². The second-order valence-electron chi connectivity index (χ2n) is 6.18. The summed E-state index contributed by atoms with van der Waals surface area (Å²) in [6.07, 6.45) is 6.15. The highest BCUT2D eigenvalue weighted by Crippen LogP contribution is 2.21. The molecule has 3 N–H and O–H groups in total. The van der Waals surface area contributed by atoms with Gasteiger partial charge in [-0.05, 0) is 29.7 Å². The van der Waals surface area contributed by atoms with Gasteiger partial charge in [0.1, 0.15) is 0 Å². The third kappa shape index (κ3) is 4.44. The van der Waals surface area contributed by atoms with Crippen molar-refractivity contribution in [1.82, 2.24) is 15.2 Å². The van der Waals surface area contributed by atoms with Gasteiger partial charge in [-0.1, -0.05) is 59.9 Å². The van der Waals surface area contributed by atoms with Gasteiger partial charge >= 0.3 is 0 Å². The normalized spacial score (nSPS) is 11.1. The quantitative estimate of drug-likeness (QED) is 0.411. The van der Waals surface area contributed by atoms with Gasteiger partial charge < -0.3 is 10.3 Å². The fourth-order valence-corrected chi connectivity index (χ4v) is 3.54. The Morgan fingerprint density at radius 2 is 1.82 bits per heavy atom. The lowest BCUT2D eigenvalue weighted by molar-refractivity contribution is -0.111. The number of hydrogen-bond donors (Lipinski definition) is 3. The number of benzene rings is 2. The minimum absolute atomic E-state index is 0.231. The van der Waals surface area contributed by atoms with Gasteiger partial charge in [0, 0.05) is 29.7 Å². The highest BCUT2D eigenvalue weighted by atomic mass is 32.1. The monoisotopic (exact) mass is 389 g/mol. The Bertz CT molecular complexity index is 1100. The molecule has 2 heterocycles. The molecule has 0 fully saturated rings. The summed E-state index contributed by atoms with van der Waals surface area (Å²) < 4.78 is 0. The molecule has 7 heteroatoms. The first-order valence-electron chi connectivity index (χ1n) is 8.94. The molecule has 2 aromatic carbocycles. The molecule has 0 saturated heterocycles. The van der Waals surface area contributed by atoms with Gasteiger partial charge in [-0.2, -0.15) is 0 Å². The molecule has 6 nitrogen and oxygen atoms in total. The Hall–Kier alpha value is -3.45. The van der Waals surface area contributed by atoms with Gasteiger partial charge in [0.15, 0.2) is 0 Å². The number of fused-ring (bicyclic) bond motifs is 1. The first-order chi connectivity index (χ1) is 13.8. The lowest BCUT2D eigenvalue weighted by Crippen LogP contribution is -2.07. The van der Waals surface area contributed by atoms with Crippen LogP contribution in [0.1, 0.15) is 11.1 Å². The second-order valence-corrected chi connectivity index (χ2v) is 7.16. The van der Waals surface area contributed by atoms with Crippen molar-refractivity contribution in [2.45, 2.75) is 6.42 Å². The van der Waals surface area contributed by atoms with E-state index in [2.05, 4.69) is 37.9 Å². The summed E-state index contributed by atoms with van der Waals surface area (Å²) in [5, 5.41) is 16.5. The van der Waals surface area contributed by atoms with E-state index in [1.54, 1.807) is 6.08 Å². The van der Waals surface area contributed by atoms with Crippen LogP contribution in [0.15, 0.2) is 66.9 Å². The van der Waals surface area contributed by atoms with Gasteiger partial charge in [-0.25, -0.2) is 0 Å². The molecule has 0 radical (unpaired) electrons. The van der Waals surface area contributed by atoms with Gasteiger partial charge in [0.05, 0.1) is 0 Å². The summed E-state index contributed by atoms with van der Waals surface area (Å²) in [6, 6.07) is 17.9. The maximum Gasteiger partial charge on any atom is 0.250 e. The van der Waals surface area contributed by atoms with Crippen molar-refractivity contribution in [3.63, 3.8) is 0 Å². The van der Waals surface area contributed by atoms with Crippen LogP contribution in [0.5, 0.6) is 0 Å². The SMILES string of the molecule is O=C(C=Cc1ccccc1)Nc1nnc(NCCc2c[nH]c3ccccc23)s1. The van der Waals surface area contributed by atoms with E-state index in [0.717, 1.165) is 24.0 Å². The van der Waals surface area contributed by atoms with Crippen LogP contribution in [0.3, 0.4) is 0 Å². The number of rotatable bonds is 7. The summed E-state index contributed by atoms with van der Waals surface area (Å²) in [7, 11) is 0. The van der Waals surface area contributed by atoms with E-state index in [9.17, 15) is 4.79 Å². The molecule has 0 unspecified atom stereocenters. The summed E-state index contributed by atoms with van der Waals surface area (Å²) in [4.78, 5) is 15.3. The largest absolute Gasteiger partial charge is 0.361 e. The van der Waals surface area contributed by atoms with Crippen LogP contribution >= 0.6 is 11.3 Å². The Morgan fingerprint density at radius 3 is 2.71 bits per heavy atom. The highest BCUT2D eigenvalue weighted by molar-refractivity contribution is 7.19. The van der Waals surface area contributed by atoms with Crippen molar-refractivity contribution in [1.29, 1.82) is 0 Å². The Morgan fingerprint density at radius 1 is 1.04 bits per heavy atom. The number of amides is 1. The first kappa shape index (κ1) is 17.9. The average Bonchev–Trinajstić information content (AvgIpc) is 3.34. The maximum absolute atomic E-state index is 12.0. The molecular formula is C21H19N5OS. The van der Waals surface area contributed by atoms with E-state index in [-0.39, 0.29) is 5.91 Å². The molecule has 140 valence electrons. The number of carbonyl (C=O) groups is 1. The van der Waals surface area contributed by atoms with Gasteiger partial charge in [0.25, 0.3) is 0 Å². The zero-order valence-electron chi connectivity index (χ0n) is 15.1. The average molecular weight is 389 g/mol. The number of para-hydroxylation sites is 1. The van der Waals surface area contributed by atoms with Crippen molar-refractivity contribution in [2.24, 2.45) is 0 Å². The van der Waals surface area contributed by atoms with Crippen LogP contribution in [0, 0.1) is 0 Å². The zero-order valence-corrected chi connectivity index (χ0v) is 15.9. The summed E-state index contributed by atoms with van der Waals surface area (Å²) in [6.45, 7) is 0.734. The van der Waals surface area contributed by atoms with E-state index in [1.807, 2.05) is 48.7 Å². The molecule has 2 aromatic heterocycles. The molecule has 4 rings (SSSR count). The van der Waals surface area contributed by atoms with Crippen molar-refractivity contribution < 1.29 is 4.79 Å². The third-order valence-electron chi connectivity index (χ3n) is 4.23. The van der Waals surface area contributed by atoms with E-state index in [4.69, 9.17) is 0 Å². The van der Waals surface area contributed by atoms with Crippen LogP contribution in [0.4, 0.5) is 10.3 Å². The number of anilines is 2. The molecule has 0 aliphatic heterocycles. The fourth-order valence-electron chi connectivity index (χ4n) is 2.87. The van der Waals surface area contributed by atoms with E-state index < -0.39 is 0 Å². The Labute approximate surface area is 166 Å². The number of hydrogen-bond acceptors (Lipinski definition) is 5. The first-order valence-corrected chi connectivity index (χ1v) is 9.76. The predicted octanol–water partition coefficient (Wildman–Crippen LogP) is 4.33. The maximum atomic E-state index is 12.0. The molecule has 0 bridgehead atoms. The number of aromatic amines is 1. The summed E-state index contributed by atoms with van der Waals surface area (Å²) in [5.41, 5.74) is 3.36. The summed E-state index contributed by atoms with van der Waals surface area (Å²) in [5.74, 6) is -0.231. The fraction of sp³-hybridized carbons (Fsp3) is 0.0952. The minimum Gasteiger partial charge on any atom is -0.361 e. The second kappa shape index (κ2) is 8.49. The number of nitrogens with one attached hydrogen (secondary N) is 3. The Balaban J connectivity index is 1.28. The van der Waals surface area contributed by atoms with Gasteiger partial charge in [0.2, 0.25) is 16.2 Å². The molecule has 1 amide bonds. The van der Waals surface area contributed by atoms with E-state index in [1.165, 1.54) is 28.4 Å². The van der Waals surface area contributed by atoms with Crippen molar-refractivity contribution >= 4 is 44.5 Å². The molecule has 0 aliphatic carbocycles. The molecule has 0 atom stereocenters. The number of nitrogens with zero attached hydrogens (tertiary/aromatic N) is 2. The van der Waals surface area contributed by atoms with Crippen molar-refractivity contribution in [3.8, 4) is 0 Å². The zero-order chi connectivity index (χ0) is 19.2. The topological polar surface area (TPSA) is 82.7 Å². The minimum atomic E-state index is -0.231. The van der Waals surface area contributed by atoms with Crippen molar-refractivity contribution in [2.75, 3.05) is 17.2 Å². The third-order valence-corrected chi connectivity index (χ3v) is 5.02. The van der Waals surface area contributed by atoms with Crippen LogP contribution in [0.2, 0.25) is 0 Å². The molecular weight excluding hydrogens is 370 g/mol. The highest BCUT2D eigenvalue weighted by Gasteiger charge is 2.07. The van der Waals surface area contributed by atoms with Crippen LogP contribution in [-0.4, -0.2) is 27.6 Å². The lowest BCUT2D eigenvalue weighted by Gasteiger charge is -2.01. The number of H-pyrrole nitrogens is 1. The number of aromatic nitrogens is 3. The van der Waals surface area contributed by atoms with Crippen molar-refractivity contribution in [3.05, 3.63) is 78.0 Å². The molecule has 28 heavy (non-hydrogen) atoms. The standard InChI is InChI=1S/C21H19N5OS/c27-19(11-10-15-6-2-1-3-7-15)24-21-26-25-20(28-21)22-13-12-16-14-23-18-9-5-4-8-17(16)18/h1-11,14,23H,12-13H2,(H,22,25)(H,24,26,27). The van der Waals surface area contributed by atoms with E-state index >= 15 is 0 Å². The smallest absolute Gasteiger partial charge is 0.250 e. The van der Waals surface area contributed by atoms with Gasteiger partial charge in [-0.15, -0.1) is 10.2 Å². The molecule has 0 spiro atoms. The predicted molar refractivity (Wildman–Crippen MR) is 115 cm³/mol. The van der Waals surface area contributed by atoms with Gasteiger partial charge in [-0.3, -0.25) is 10.1 Å². The Kier molecular flexibility index (Phi) is 5.44. The van der Waals surface area contributed by atoms with Crippen LogP contribution in [-0.2, 0) is 11.2 Å². The molecule has 0 saturated carbocycles. The lowest BCUT2D eigenvalue weighted by atomic mass is 10.1. The van der Waals surface area contributed by atoms with E-state index in [0.29, 0.717) is 10.3 Å². The number of carbonyl (C=O) groups excluding carboxylic acids is 1. The molecule has 0 aliphatic rings. The summed E-state index contributed by atoms with van der Waals surface area (Å²) >= 11 is 1.32.